The minimum Gasteiger partial charge on any atom is -0.395 e. The van der Waals surface area contributed by atoms with Crippen molar-refractivity contribution >= 4 is 23.2 Å². The quantitative estimate of drug-likeness (QED) is 0.688. The maximum absolute atomic E-state index is 12.0. The molecular weight excluding hydrogens is 258 g/mol. The van der Waals surface area contributed by atoms with Crippen molar-refractivity contribution in [3.05, 3.63) is 35.5 Å². The number of rotatable bonds is 4. The number of hydrogen-bond donors (Lipinski definition) is 3. The summed E-state index contributed by atoms with van der Waals surface area (Å²) in [6, 6.07) is 5.80. The van der Waals surface area contributed by atoms with Gasteiger partial charge >= 0.3 is 0 Å². The van der Waals surface area contributed by atoms with Crippen LogP contribution in [0.2, 0.25) is 0 Å². The van der Waals surface area contributed by atoms with Crippen molar-refractivity contribution in [1.82, 2.24) is 4.90 Å². The second kappa shape index (κ2) is 4.97. The van der Waals surface area contributed by atoms with Gasteiger partial charge in [0.05, 0.1) is 13.2 Å². The van der Waals surface area contributed by atoms with Gasteiger partial charge < -0.3 is 15.7 Å². The first-order valence-electron chi connectivity index (χ1n) is 6.51. The van der Waals surface area contributed by atoms with Crippen molar-refractivity contribution in [3.63, 3.8) is 0 Å². The fourth-order valence-electron chi connectivity index (χ4n) is 2.45. The molecule has 2 amide bonds. The average Bonchev–Trinajstić information content (AvgIpc) is 2.99. The molecule has 3 N–H and O–H groups in total. The van der Waals surface area contributed by atoms with E-state index in [9.17, 15) is 9.59 Å². The molecule has 0 saturated heterocycles. The Hall–Kier alpha value is -2.34. The first-order chi connectivity index (χ1) is 9.69. The minimum absolute atomic E-state index is 0.0213. The standard InChI is InChI=1S/C14H15N3O3/c18-6-5-17-13(19)8-12(14(17)20)16-10-1-2-11-9(7-10)3-4-15-11/h1-2,7-8,15-16,18H,3-6H2. The molecule has 0 fully saturated rings. The number of imide groups is 1. The minimum atomic E-state index is -0.400. The Balaban J connectivity index is 1.77. The molecule has 2 heterocycles. The van der Waals surface area contributed by atoms with Crippen molar-refractivity contribution in [2.75, 3.05) is 30.3 Å². The molecule has 0 aliphatic carbocycles. The largest absolute Gasteiger partial charge is 0.395 e. The molecule has 0 spiro atoms. The molecule has 20 heavy (non-hydrogen) atoms. The number of hydrogen-bond acceptors (Lipinski definition) is 5. The SMILES string of the molecule is O=C1C=C(Nc2ccc3c(c2)CCN3)C(=O)N1CCO. The third kappa shape index (κ3) is 2.14. The molecule has 1 aromatic rings. The van der Waals surface area contributed by atoms with E-state index in [0.29, 0.717) is 0 Å². The molecule has 6 nitrogen and oxygen atoms in total. The Morgan fingerprint density at radius 2 is 2.20 bits per heavy atom. The number of nitrogens with zero attached hydrogens (tertiary/aromatic N) is 1. The molecule has 0 radical (unpaired) electrons. The number of nitrogens with one attached hydrogen (secondary N) is 2. The van der Waals surface area contributed by atoms with Gasteiger partial charge in [-0.2, -0.15) is 0 Å². The van der Waals surface area contributed by atoms with Gasteiger partial charge in [0.15, 0.2) is 0 Å². The summed E-state index contributed by atoms with van der Waals surface area (Å²) in [5, 5.41) is 15.1. The number of aliphatic hydroxyl groups excluding tert-OH is 1. The van der Waals surface area contributed by atoms with Gasteiger partial charge in [-0.05, 0) is 30.2 Å². The van der Waals surface area contributed by atoms with Crippen LogP contribution in [0.3, 0.4) is 0 Å². The summed E-state index contributed by atoms with van der Waals surface area (Å²) in [4.78, 5) is 24.6. The molecular formula is C14H15N3O3. The zero-order valence-electron chi connectivity index (χ0n) is 10.8. The number of anilines is 2. The molecule has 0 atom stereocenters. The van der Waals surface area contributed by atoms with E-state index in [4.69, 9.17) is 5.11 Å². The van der Waals surface area contributed by atoms with Gasteiger partial charge in [0.1, 0.15) is 5.70 Å². The number of β-amino-alcohol motifs (C(OH)–C–C–N with tert-alkyl or cyclic N) is 1. The lowest BCUT2D eigenvalue weighted by molar-refractivity contribution is -0.137. The van der Waals surface area contributed by atoms with Gasteiger partial charge in [0.25, 0.3) is 11.8 Å². The highest BCUT2D eigenvalue weighted by Crippen LogP contribution is 2.26. The van der Waals surface area contributed by atoms with Crippen molar-refractivity contribution in [1.29, 1.82) is 0 Å². The average molecular weight is 273 g/mol. The van der Waals surface area contributed by atoms with Crippen molar-refractivity contribution in [2.24, 2.45) is 0 Å². The number of fused-ring (bicyclic) bond motifs is 1. The summed E-state index contributed by atoms with van der Waals surface area (Å²) < 4.78 is 0. The van der Waals surface area contributed by atoms with Crippen LogP contribution in [0.25, 0.3) is 0 Å². The van der Waals surface area contributed by atoms with Gasteiger partial charge in [0, 0.05) is 24.0 Å². The van der Waals surface area contributed by atoms with E-state index in [-0.39, 0.29) is 18.8 Å². The zero-order valence-corrected chi connectivity index (χ0v) is 10.8. The Morgan fingerprint density at radius 3 is 3.00 bits per heavy atom. The van der Waals surface area contributed by atoms with E-state index in [2.05, 4.69) is 10.6 Å². The summed E-state index contributed by atoms with van der Waals surface area (Å²) in [5.41, 5.74) is 3.33. The van der Waals surface area contributed by atoms with Crippen LogP contribution in [0.15, 0.2) is 30.0 Å². The summed E-state index contributed by atoms with van der Waals surface area (Å²) in [5.74, 6) is -0.794. The fourth-order valence-corrected chi connectivity index (χ4v) is 2.45. The molecule has 2 aliphatic heterocycles. The van der Waals surface area contributed by atoms with Crippen LogP contribution < -0.4 is 10.6 Å². The van der Waals surface area contributed by atoms with E-state index in [0.717, 1.165) is 29.2 Å². The first-order valence-corrected chi connectivity index (χ1v) is 6.51. The molecule has 0 saturated carbocycles. The van der Waals surface area contributed by atoms with E-state index in [1.54, 1.807) is 0 Å². The molecule has 0 unspecified atom stereocenters. The first kappa shape index (κ1) is 12.7. The molecule has 2 aliphatic rings. The zero-order chi connectivity index (χ0) is 14.1. The fraction of sp³-hybridized carbons (Fsp3) is 0.286. The summed E-state index contributed by atoms with van der Waals surface area (Å²) in [6.07, 6.45) is 2.22. The van der Waals surface area contributed by atoms with E-state index in [1.165, 1.54) is 11.6 Å². The highest BCUT2D eigenvalue weighted by atomic mass is 16.3. The topological polar surface area (TPSA) is 81.7 Å². The summed E-state index contributed by atoms with van der Waals surface area (Å²) in [6.45, 7) is 0.708. The molecule has 104 valence electrons. The maximum Gasteiger partial charge on any atom is 0.277 e. The number of carbonyl (C=O) groups excluding carboxylic acids is 2. The van der Waals surface area contributed by atoms with Gasteiger partial charge in [-0.3, -0.25) is 14.5 Å². The molecule has 0 aromatic heterocycles. The number of aliphatic hydroxyl groups is 1. The third-order valence-corrected chi connectivity index (χ3v) is 3.43. The van der Waals surface area contributed by atoms with Crippen LogP contribution >= 0.6 is 0 Å². The normalized spacial score (nSPS) is 17.1. The highest BCUT2D eigenvalue weighted by Gasteiger charge is 2.30. The Bertz CT molecular complexity index is 610. The Labute approximate surface area is 116 Å². The lowest BCUT2D eigenvalue weighted by atomic mass is 10.1. The third-order valence-electron chi connectivity index (χ3n) is 3.43. The van der Waals surface area contributed by atoms with E-state index < -0.39 is 11.8 Å². The van der Waals surface area contributed by atoms with Crippen LogP contribution in [0.1, 0.15) is 5.56 Å². The van der Waals surface area contributed by atoms with Gasteiger partial charge in [-0.1, -0.05) is 0 Å². The van der Waals surface area contributed by atoms with Crippen molar-refractivity contribution in [3.8, 4) is 0 Å². The molecule has 6 heteroatoms. The summed E-state index contributed by atoms with van der Waals surface area (Å²) in [7, 11) is 0. The molecule has 1 aromatic carbocycles. The van der Waals surface area contributed by atoms with Gasteiger partial charge in [0.2, 0.25) is 0 Å². The highest BCUT2D eigenvalue weighted by molar-refractivity contribution is 6.17. The second-order valence-corrected chi connectivity index (χ2v) is 4.75. The molecule has 3 rings (SSSR count). The Kier molecular flexibility index (Phi) is 3.15. The van der Waals surface area contributed by atoms with Crippen LogP contribution in [0.4, 0.5) is 11.4 Å². The summed E-state index contributed by atoms with van der Waals surface area (Å²) >= 11 is 0. The second-order valence-electron chi connectivity index (χ2n) is 4.75. The van der Waals surface area contributed by atoms with Gasteiger partial charge in [-0.25, -0.2) is 0 Å². The van der Waals surface area contributed by atoms with E-state index in [1.807, 2.05) is 18.2 Å². The van der Waals surface area contributed by atoms with Crippen LogP contribution in [-0.4, -0.2) is 41.5 Å². The monoisotopic (exact) mass is 273 g/mol. The van der Waals surface area contributed by atoms with E-state index >= 15 is 0 Å². The van der Waals surface area contributed by atoms with Crippen molar-refractivity contribution in [2.45, 2.75) is 6.42 Å². The molecule has 0 bridgehead atoms. The maximum atomic E-state index is 12.0. The van der Waals surface area contributed by atoms with Crippen molar-refractivity contribution < 1.29 is 14.7 Å². The van der Waals surface area contributed by atoms with Crippen LogP contribution in [0, 0.1) is 0 Å². The number of benzene rings is 1. The lowest BCUT2D eigenvalue weighted by Gasteiger charge is -2.13. The Morgan fingerprint density at radius 1 is 1.35 bits per heavy atom. The predicted molar refractivity (Wildman–Crippen MR) is 74.1 cm³/mol. The number of amides is 2. The van der Waals surface area contributed by atoms with Gasteiger partial charge in [-0.15, -0.1) is 0 Å². The smallest absolute Gasteiger partial charge is 0.277 e. The van der Waals surface area contributed by atoms with Crippen LogP contribution in [0.5, 0.6) is 0 Å². The lowest BCUT2D eigenvalue weighted by Crippen LogP contribution is -2.34. The van der Waals surface area contributed by atoms with Crippen LogP contribution in [-0.2, 0) is 16.0 Å². The number of carbonyl (C=O) groups is 2. The predicted octanol–water partition coefficient (Wildman–Crippen LogP) is 0.311.